The van der Waals surface area contributed by atoms with Crippen LogP contribution in [0.3, 0.4) is 0 Å². The van der Waals surface area contributed by atoms with Gasteiger partial charge < -0.3 is 20.9 Å². The SMILES string of the molecule is CN=C(NCCNC(C)(C)C)NCC1(C(=O)N(C)C)CCCC1. The van der Waals surface area contributed by atoms with Gasteiger partial charge in [0.05, 0.1) is 5.41 Å². The minimum Gasteiger partial charge on any atom is -0.355 e. The second-order valence-electron chi connectivity index (χ2n) is 7.72. The van der Waals surface area contributed by atoms with Crippen LogP contribution in [-0.4, -0.2) is 63.1 Å². The Morgan fingerprint density at radius 1 is 1.13 bits per heavy atom. The van der Waals surface area contributed by atoms with E-state index in [1.807, 2.05) is 14.1 Å². The average molecular weight is 326 g/mol. The van der Waals surface area contributed by atoms with Gasteiger partial charge in [-0.25, -0.2) is 0 Å². The summed E-state index contributed by atoms with van der Waals surface area (Å²) in [6.07, 6.45) is 4.17. The minimum atomic E-state index is -0.273. The Labute approximate surface area is 141 Å². The van der Waals surface area contributed by atoms with Gasteiger partial charge in [-0.05, 0) is 33.6 Å². The van der Waals surface area contributed by atoms with Gasteiger partial charge in [0.1, 0.15) is 0 Å². The maximum Gasteiger partial charge on any atom is 0.230 e. The molecule has 134 valence electrons. The minimum absolute atomic E-state index is 0.116. The highest BCUT2D eigenvalue weighted by atomic mass is 16.2. The molecule has 1 rings (SSSR count). The molecule has 6 nitrogen and oxygen atoms in total. The van der Waals surface area contributed by atoms with Crippen LogP contribution < -0.4 is 16.0 Å². The van der Waals surface area contributed by atoms with Crippen molar-refractivity contribution in [2.45, 2.75) is 52.0 Å². The summed E-state index contributed by atoms with van der Waals surface area (Å²) in [6.45, 7) is 8.76. The Morgan fingerprint density at radius 2 is 1.74 bits per heavy atom. The molecule has 23 heavy (non-hydrogen) atoms. The van der Waals surface area contributed by atoms with Gasteiger partial charge in [-0.15, -0.1) is 0 Å². The molecule has 0 bridgehead atoms. The zero-order chi connectivity index (χ0) is 17.5. The maximum atomic E-state index is 12.6. The smallest absolute Gasteiger partial charge is 0.230 e. The summed E-state index contributed by atoms with van der Waals surface area (Å²) in [4.78, 5) is 18.5. The molecule has 6 heteroatoms. The molecular formula is C17H35N5O. The average Bonchev–Trinajstić information content (AvgIpc) is 2.94. The molecule has 0 spiro atoms. The summed E-state index contributed by atoms with van der Waals surface area (Å²) in [5.74, 6) is 0.992. The monoisotopic (exact) mass is 325 g/mol. The van der Waals surface area contributed by atoms with Crippen LogP contribution in [0.2, 0.25) is 0 Å². The van der Waals surface area contributed by atoms with Crippen LogP contribution in [0.25, 0.3) is 0 Å². The van der Waals surface area contributed by atoms with Gasteiger partial charge in [-0.1, -0.05) is 12.8 Å². The fourth-order valence-corrected chi connectivity index (χ4v) is 3.08. The molecule has 0 radical (unpaired) electrons. The summed E-state index contributed by atoms with van der Waals surface area (Å²) in [6, 6.07) is 0. The van der Waals surface area contributed by atoms with Crippen molar-refractivity contribution in [3.63, 3.8) is 0 Å². The molecule has 0 aromatic rings. The van der Waals surface area contributed by atoms with Gasteiger partial charge in [0.25, 0.3) is 0 Å². The van der Waals surface area contributed by atoms with Crippen molar-refractivity contribution in [1.29, 1.82) is 0 Å². The van der Waals surface area contributed by atoms with Crippen LogP contribution in [0, 0.1) is 5.41 Å². The van der Waals surface area contributed by atoms with Crippen LogP contribution in [0.1, 0.15) is 46.5 Å². The van der Waals surface area contributed by atoms with Gasteiger partial charge in [0.2, 0.25) is 5.91 Å². The normalized spacial score (nSPS) is 17.9. The molecule has 0 saturated heterocycles. The molecule has 0 aromatic heterocycles. The molecule has 0 aromatic carbocycles. The van der Waals surface area contributed by atoms with Crippen molar-refractivity contribution < 1.29 is 4.79 Å². The van der Waals surface area contributed by atoms with Crippen molar-refractivity contribution >= 4 is 11.9 Å². The number of carbonyl (C=O) groups excluding carboxylic acids is 1. The standard InChI is InChI=1S/C17H35N5O/c1-16(2,3)21-12-11-19-15(18-4)20-13-17(9-7-8-10-17)14(23)22(5)6/h21H,7-13H2,1-6H3,(H2,18,19,20). The van der Waals surface area contributed by atoms with E-state index in [9.17, 15) is 4.79 Å². The van der Waals surface area contributed by atoms with Crippen LogP contribution >= 0.6 is 0 Å². The molecule has 0 heterocycles. The van der Waals surface area contributed by atoms with Crippen LogP contribution in [0.4, 0.5) is 0 Å². The molecule has 0 aliphatic heterocycles. The lowest BCUT2D eigenvalue weighted by atomic mass is 9.84. The zero-order valence-corrected chi connectivity index (χ0v) is 15.8. The van der Waals surface area contributed by atoms with Crippen molar-refractivity contribution in [3.8, 4) is 0 Å². The molecule has 0 unspecified atom stereocenters. The number of hydrogen-bond acceptors (Lipinski definition) is 3. The first-order chi connectivity index (χ1) is 10.7. The van der Waals surface area contributed by atoms with E-state index in [2.05, 4.69) is 41.7 Å². The van der Waals surface area contributed by atoms with E-state index in [-0.39, 0.29) is 16.9 Å². The highest BCUT2D eigenvalue weighted by Crippen LogP contribution is 2.38. The quantitative estimate of drug-likeness (QED) is 0.390. The Kier molecular flexibility index (Phi) is 7.32. The van der Waals surface area contributed by atoms with Crippen LogP contribution in [-0.2, 0) is 4.79 Å². The number of nitrogens with one attached hydrogen (secondary N) is 3. The van der Waals surface area contributed by atoms with E-state index < -0.39 is 0 Å². The summed E-state index contributed by atoms with van der Waals surface area (Å²) >= 11 is 0. The number of guanidine groups is 1. The lowest BCUT2D eigenvalue weighted by Gasteiger charge is -2.31. The fourth-order valence-electron chi connectivity index (χ4n) is 3.08. The molecule has 1 aliphatic carbocycles. The van der Waals surface area contributed by atoms with E-state index in [1.54, 1.807) is 11.9 Å². The van der Waals surface area contributed by atoms with Crippen LogP contribution in [0.5, 0.6) is 0 Å². The predicted molar refractivity (Wildman–Crippen MR) is 96.7 cm³/mol. The molecule has 3 N–H and O–H groups in total. The highest BCUT2D eigenvalue weighted by Gasteiger charge is 2.42. The first-order valence-corrected chi connectivity index (χ1v) is 8.61. The molecular weight excluding hydrogens is 290 g/mol. The summed E-state index contributed by atoms with van der Waals surface area (Å²) in [5.41, 5.74) is -0.157. The van der Waals surface area contributed by atoms with Crippen LogP contribution in [0.15, 0.2) is 4.99 Å². The van der Waals surface area contributed by atoms with Crippen molar-refractivity contribution in [1.82, 2.24) is 20.9 Å². The Morgan fingerprint density at radius 3 is 2.22 bits per heavy atom. The topological polar surface area (TPSA) is 68.8 Å². The Bertz CT molecular complexity index is 406. The zero-order valence-electron chi connectivity index (χ0n) is 15.8. The van der Waals surface area contributed by atoms with Gasteiger partial charge in [0.15, 0.2) is 5.96 Å². The second kappa shape index (κ2) is 8.52. The maximum absolute atomic E-state index is 12.6. The Balaban J connectivity index is 2.47. The highest BCUT2D eigenvalue weighted by molar-refractivity contribution is 5.85. The third kappa shape index (κ3) is 6.37. The molecule has 1 aliphatic rings. The Hall–Kier alpha value is -1.30. The van der Waals surface area contributed by atoms with E-state index in [0.717, 1.165) is 44.7 Å². The number of amides is 1. The molecule has 1 saturated carbocycles. The number of nitrogens with zero attached hydrogens (tertiary/aromatic N) is 2. The van der Waals surface area contributed by atoms with E-state index in [1.165, 1.54) is 0 Å². The fraction of sp³-hybridized carbons (Fsp3) is 0.882. The number of rotatable bonds is 6. The second-order valence-corrected chi connectivity index (χ2v) is 7.72. The van der Waals surface area contributed by atoms with Crippen molar-refractivity contribution in [2.75, 3.05) is 40.8 Å². The van der Waals surface area contributed by atoms with Gasteiger partial charge >= 0.3 is 0 Å². The first kappa shape index (κ1) is 19.7. The lowest BCUT2D eigenvalue weighted by Crippen LogP contribution is -2.50. The van der Waals surface area contributed by atoms with Gasteiger partial charge in [-0.2, -0.15) is 0 Å². The summed E-state index contributed by atoms with van der Waals surface area (Å²) < 4.78 is 0. The largest absolute Gasteiger partial charge is 0.355 e. The third-order valence-electron chi connectivity index (χ3n) is 4.31. The lowest BCUT2D eigenvalue weighted by molar-refractivity contribution is -0.138. The molecule has 1 fully saturated rings. The van der Waals surface area contributed by atoms with E-state index >= 15 is 0 Å². The van der Waals surface area contributed by atoms with Crippen molar-refractivity contribution in [2.24, 2.45) is 10.4 Å². The first-order valence-electron chi connectivity index (χ1n) is 8.61. The van der Waals surface area contributed by atoms with Gasteiger partial charge in [-0.3, -0.25) is 9.79 Å². The summed E-state index contributed by atoms with van der Waals surface area (Å²) in [5, 5.41) is 10.1. The van der Waals surface area contributed by atoms with Crippen molar-refractivity contribution in [3.05, 3.63) is 0 Å². The van der Waals surface area contributed by atoms with E-state index in [4.69, 9.17) is 0 Å². The molecule has 1 amide bonds. The summed E-state index contributed by atoms with van der Waals surface area (Å²) in [7, 11) is 5.45. The number of carbonyl (C=O) groups is 1. The third-order valence-corrected chi connectivity index (χ3v) is 4.31. The molecule has 0 atom stereocenters. The number of aliphatic imine (C=N–C) groups is 1. The predicted octanol–water partition coefficient (Wildman–Crippen LogP) is 1.19. The number of hydrogen-bond donors (Lipinski definition) is 3. The van der Waals surface area contributed by atoms with Gasteiger partial charge in [0, 0.05) is 46.3 Å². The van der Waals surface area contributed by atoms with E-state index in [0.29, 0.717) is 6.54 Å².